The molecule has 0 saturated heterocycles. The Balaban J connectivity index is 1.65. The fourth-order valence-corrected chi connectivity index (χ4v) is 5.02. The number of nitrogens with zero attached hydrogens (tertiary/aromatic N) is 1. The fourth-order valence-electron chi connectivity index (χ4n) is 4.64. The lowest BCUT2D eigenvalue weighted by molar-refractivity contribution is 1.18. The van der Waals surface area contributed by atoms with Crippen LogP contribution >= 0.6 is 15.9 Å². The van der Waals surface area contributed by atoms with Gasteiger partial charge < -0.3 is 4.57 Å². The molecule has 6 aromatic rings. The zero-order valence-corrected chi connectivity index (χ0v) is 19.0. The molecule has 1 nitrogen and oxygen atoms in total. The zero-order chi connectivity index (χ0) is 21.5. The quantitative estimate of drug-likeness (QED) is 0.241. The third kappa shape index (κ3) is 3.16. The van der Waals surface area contributed by atoms with Gasteiger partial charge in [0.15, 0.2) is 0 Å². The Morgan fingerprint density at radius 3 is 1.97 bits per heavy atom. The maximum atomic E-state index is 3.65. The summed E-state index contributed by atoms with van der Waals surface area (Å²) in [5.41, 5.74) is 8.52. The molecule has 6 rings (SSSR count). The van der Waals surface area contributed by atoms with Crippen LogP contribution in [0.2, 0.25) is 0 Å². The molecule has 0 unspecified atom stereocenters. The molecule has 0 fully saturated rings. The van der Waals surface area contributed by atoms with Crippen LogP contribution in [-0.4, -0.2) is 4.57 Å². The zero-order valence-electron chi connectivity index (χ0n) is 17.4. The summed E-state index contributed by atoms with van der Waals surface area (Å²) < 4.78 is 3.44. The Kier molecular flexibility index (Phi) is 4.66. The number of benzene rings is 5. The van der Waals surface area contributed by atoms with Crippen LogP contribution < -0.4 is 0 Å². The second kappa shape index (κ2) is 7.81. The van der Waals surface area contributed by atoms with Crippen LogP contribution in [0.5, 0.6) is 0 Å². The van der Waals surface area contributed by atoms with Gasteiger partial charge in [-0.05, 0) is 52.6 Å². The summed E-state index contributed by atoms with van der Waals surface area (Å²) in [5, 5.41) is 2.53. The predicted octanol–water partition coefficient (Wildman–Crippen LogP) is 8.88. The van der Waals surface area contributed by atoms with Crippen LogP contribution in [0.1, 0.15) is 0 Å². The minimum Gasteiger partial charge on any atom is -0.309 e. The number of para-hydroxylation sites is 1. The standard InChI is InChI=1S/C30H20BrN/c31-23-11-8-12-24(20-23)32-29-16-7-6-15-27(29)28-18-17-22(19-30(28)32)26-14-5-4-13-25(26)21-9-2-1-3-10-21/h1-20H. The molecule has 0 aliphatic rings. The summed E-state index contributed by atoms with van der Waals surface area (Å²) in [7, 11) is 0. The molecule has 0 amide bonds. The number of hydrogen-bond donors (Lipinski definition) is 0. The second-order valence-electron chi connectivity index (χ2n) is 7.98. The first kappa shape index (κ1) is 19.1. The van der Waals surface area contributed by atoms with Crippen molar-refractivity contribution in [3.05, 3.63) is 126 Å². The Labute approximate surface area is 195 Å². The maximum absolute atomic E-state index is 3.65. The van der Waals surface area contributed by atoms with Gasteiger partial charge in [0.25, 0.3) is 0 Å². The average molecular weight is 474 g/mol. The normalized spacial score (nSPS) is 11.3. The average Bonchev–Trinajstić information content (AvgIpc) is 3.18. The molecule has 5 aromatic carbocycles. The molecule has 0 bridgehead atoms. The lowest BCUT2D eigenvalue weighted by Crippen LogP contribution is -1.94. The molecule has 2 heteroatoms. The van der Waals surface area contributed by atoms with Crippen LogP contribution in [0.25, 0.3) is 49.7 Å². The summed E-state index contributed by atoms with van der Waals surface area (Å²) in [6, 6.07) is 43.3. The highest BCUT2D eigenvalue weighted by Crippen LogP contribution is 2.37. The summed E-state index contributed by atoms with van der Waals surface area (Å²) in [6.45, 7) is 0. The Bertz CT molecular complexity index is 1580. The number of halogens is 1. The minimum atomic E-state index is 1.08. The molecule has 0 aliphatic carbocycles. The first-order valence-electron chi connectivity index (χ1n) is 10.7. The van der Waals surface area contributed by atoms with Crippen molar-refractivity contribution in [3.8, 4) is 27.9 Å². The molecule has 1 heterocycles. The number of rotatable bonds is 3. The van der Waals surface area contributed by atoms with Gasteiger partial charge in [0.05, 0.1) is 11.0 Å². The Morgan fingerprint density at radius 2 is 1.16 bits per heavy atom. The highest BCUT2D eigenvalue weighted by molar-refractivity contribution is 9.10. The third-order valence-electron chi connectivity index (χ3n) is 6.06. The largest absolute Gasteiger partial charge is 0.309 e. The van der Waals surface area contributed by atoms with E-state index >= 15 is 0 Å². The van der Waals surface area contributed by atoms with Gasteiger partial charge >= 0.3 is 0 Å². The lowest BCUT2D eigenvalue weighted by atomic mass is 9.94. The van der Waals surface area contributed by atoms with E-state index in [4.69, 9.17) is 0 Å². The van der Waals surface area contributed by atoms with Crippen molar-refractivity contribution in [1.82, 2.24) is 4.57 Å². The topological polar surface area (TPSA) is 4.93 Å². The van der Waals surface area contributed by atoms with E-state index in [1.165, 1.54) is 44.1 Å². The van der Waals surface area contributed by atoms with E-state index in [-0.39, 0.29) is 0 Å². The van der Waals surface area contributed by atoms with Crippen molar-refractivity contribution in [3.63, 3.8) is 0 Å². The van der Waals surface area contributed by atoms with Gasteiger partial charge in [-0.3, -0.25) is 0 Å². The first-order chi connectivity index (χ1) is 15.8. The van der Waals surface area contributed by atoms with Gasteiger partial charge in [0.1, 0.15) is 0 Å². The number of hydrogen-bond acceptors (Lipinski definition) is 0. The fraction of sp³-hybridized carbons (Fsp3) is 0. The summed E-state index contributed by atoms with van der Waals surface area (Å²) in [6.07, 6.45) is 0. The van der Waals surface area contributed by atoms with Gasteiger partial charge in [0, 0.05) is 20.9 Å². The van der Waals surface area contributed by atoms with Crippen molar-refractivity contribution in [2.45, 2.75) is 0 Å². The van der Waals surface area contributed by atoms with E-state index < -0.39 is 0 Å². The van der Waals surface area contributed by atoms with Gasteiger partial charge in [-0.1, -0.05) is 107 Å². The second-order valence-corrected chi connectivity index (χ2v) is 8.89. The summed E-state index contributed by atoms with van der Waals surface area (Å²) in [5.74, 6) is 0. The molecule has 1 aromatic heterocycles. The van der Waals surface area contributed by atoms with E-state index in [1.54, 1.807) is 0 Å². The maximum Gasteiger partial charge on any atom is 0.0547 e. The highest BCUT2D eigenvalue weighted by atomic mass is 79.9. The summed E-state index contributed by atoms with van der Waals surface area (Å²) in [4.78, 5) is 0. The predicted molar refractivity (Wildman–Crippen MR) is 139 cm³/mol. The monoisotopic (exact) mass is 473 g/mol. The van der Waals surface area contributed by atoms with Crippen LogP contribution in [0.4, 0.5) is 0 Å². The molecule has 0 radical (unpaired) electrons. The Hall–Kier alpha value is -3.62. The molecule has 0 N–H and O–H groups in total. The van der Waals surface area contributed by atoms with E-state index in [0.717, 1.165) is 10.2 Å². The van der Waals surface area contributed by atoms with E-state index in [1.807, 2.05) is 0 Å². The van der Waals surface area contributed by atoms with Crippen molar-refractivity contribution in [1.29, 1.82) is 0 Å². The lowest BCUT2D eigenvalue weighted by Gasteiger charge is -2.12. The van der Waals surface area contributed by atoms with Crippen LogP contribution in [0.15, 0.2) is 126 Å². The molecular formula is C30H20BrN. The molecule has 0 saturated carbocycles. The van der Waals surface area contributed by atoms with Crippen LogP contribution in [-0.2, 0) is 0 Å². The molecular weight excluding hydrogens is 454 g/mol. The van der Waals surface area contributed by atoms with Gasteiger partial charge in [-0.2, -0.15) is 0 Å². The molecule has 152 valence electrons. The molecule has 0 atom stereocenters. The van der Waals surface area contributed by atoms with Crippen molar-refractivity contribution >= 4 is 37.7 Å². The number of aromatic nitrogens is 1. The van der Waals surface area contributed by atoms with E-state index in [9.17, 15) is 0 Å². The van der Waals surface area contributed by atoms with Crippen molar-refractivity contribution in [2.75, 3.05) is 0 Å². The summed E-state index contributed by atoms with van der Waals surface area (Å²) >= 11 is 3.65. The molecule has 32 heavy (non-hydrogen) atoms. The van der Waals surface area contributed by atoms with Crippen molar-refractivity contribution < 1.29 is 0 Å². The van der Waals surface area contributed by atoms with Gasteiger partial charge in [-0.25, -0.2) is 0 Å². The third-order valence-corrected chi connectivity index (χ3v) is 6.56. The van der Waals surface area contributed by atoms with Crippen LogP contribution in [0, 0.1) is 0 Å². The van der Waals surface area contributed by atoms with E-state index in [2.05, 4.69) is 142 Å². The highest BCUT2D eigenvalue weighted by Gasteiger charge is 2.14. The van der Waals surface area contributed by atoms with Crippen LogP contribution in [0.3, 0.4) is 0 Å². The molecule has 0 aliphatic heterocycles. The molecule has 0 spiro atoms. The van der Waals surface area contributed by atoms with E-state index in [0.29, 0.717) is 0 Å². The minimum absolute atomic E-state index is 1.08. The smallest absolute Gasteiger partial charge is 0.0547 e. The van der Waals surface area contributed by atoms with Gasteiger partial charge in [-0.15, -0.1) is 0 Å². The number of fused-ring (bicyclic) bond motifs is 3. The van der Waals surface area contributed by atoms with Crippen molar-refractivity contribution in [2.24, 2.45) is 0 Å². The Morgan fingerprint density at radius 1 is 0.469 bits per heavy atom. The SMILES string of the molecule is Brc1cccc(-n2c3ccccc3c3ccc(-c4ccccc4-c4ccccc4)cc32)c1. The first-order valence-corrected chi connectivity index (χ1v) is 11.5. The van der Waals surface area contributed by atoms with Gasteiger partial charge in [0.2, 0.25) is 0 Å².